The first-order chi connectivity index (χ1) is 8.77. The molecule has 1 aliphatic heterocycles. The van der Waals surface area contributed by atoms with Crippen LogP contribution in [0.3, 0.4) is 0 Å². The van der Waals surface area contributed by atoms with Gasteiger partial charge in [-0.25, -0.2) is 0 Å². The molecule has 2 unspecified atom stereocenters. The van der Waals surface area contributed by atoms with Crippen LogP contribution in [0.15, 0.2) is 24.3 Å². The van der Waals surface area contributed by atoms with E-state index in [1.165, 1.54) is 11.3 Å². The zero-order valence-electron chi connectivity index (χ0n) is 11.4. The molecule has 0 amide bonds. The van der Waals surface area contributed by atoms with Crippen molar-refractivity contribution in [3.8, 4) is 0 Å². The van der Waals surface area contributed by atoms with Crippen LogP contribution in [0.2, 0.25) is 0 Å². The number of aryl methyl sites for hydroxylation is 1. The number of aliphatic hydroxyl groups is 1. The van der Waals surface area contributed by atoms with E-state index in [1.54, 1.807) is 0 Å². The fourth-order valence-electron chi connectivity index (χ4n) is 2.90. The molecular weight excluding hydrogens is 224 g/mol. The summed E-state index contributed by atoms with van der Waals surface area (Å²) in [6, 6.07) is 9.51. The Kier molecular flexibility index (Phi) is 4.61. The number of benzene rings is 1. The van der Waals surface area contributed by atoms with Crippen molar-refractivity contribution in [3.05, 3.63) is 29.8 Å². The molecule has 0 radical (unpaired) electrons. The van der Waals surface area contributed by atoms with Gasteiger partial charge in [-0.05, 0) is 31.4 Å². The Morgan fingerprint density at radius 3 is 2.83 bits per heavy atom. The predicted molar refractivity (Wildman–Crippen MR) is 76.1 cm³/mol. The first-order valence-corrected chi connectivity index (χ1v) is 6.95. The van der Waals surface area contributed by atoms with Crippen molar-refractivity contribution in [1.29, 1.82) is 0 Å². The van der Waals surface area contributed by atoms with Crippen LogP contribution in [0.1, 0.15) is 25.8 Å². The van der Waals surface area contributed by atoms with Crippen LogP contribution in [-0.4, -0.2) is 36.9 Å². The first kappa shape index (κ1) is 13.4. The topological polar surface area (TPSA) is 35.5 Å². The Balaban J connectivity index is 2.31. The van der Waals surface area contributed by atoms with Crippen molar-refractivity contribution in [2.45, 2.75) is 38.8 Å². The van der Waals surface area contributed by atoms with Gasteiger partial charge in [0.1, 0.15) is 0 Å². The Hall–Kier alpha value is -1.06. The maximum Gasteiger partial charge on any atom is 0.0451 e. The van der Waals surface area contributed by atoms with Gasteiger partial charge in [0.05, 0.1) is 0 Å². The number of nitrogens with one attached hydrogen (secondary N) is 1. The summed E-state index contributed by atoms with van der Waals surface area (Å²) in [6.45, 7) is 6.68. The molecule has 2 N–H and O–H groups in total. The van der Waals surface area contributed by atoms with E-state index in [0.717, 1.165) is 25.9 Å². The van der Waals surface area contributed by atoms with E-state index in [4.69, 9.17) is 0 Å². The average Bonchev–Trinajstić information content (AvgIpc) is 2.39. The molecule has 0 aromatic heterocycles. The van der Waals surface area contributed by atoms with Crippen molar-refractivity contribution >= 4 is 5.69 Å². The molecule has 1 aromatic rings. The second kappa shape index (κ2) is 6.21. The van der Waals surface area contributed by atoms with Gasteiger partial charge in [-0.2, -0.15) is 0 Å². The smallest absolute Gasteiger partial charge is 0.0451 e. The summed E-state index contributed by atoms with van der Waals surface area (Å²) in [5.74, 6) is 0. The van der Waals surface area contributed by atoms with E-state index in [0.29, 0.717) is 12.1 Å². The third kappa shape index (κ3) is 2.68. The number of para-hydroxylation sites is 1. The van der Waals surface area contributed by atoms with Gasteiger partial charge in [-0.3, -0.25) is 0 Å². The van der Waals surface area contributed by atoms with Gasteiger partial charge in [0.2, 0.25) is 0 Å². The average molecular weight is 248 g/mol. The zero-order chi connectivity index (χ0) is 13.0. The van der Waals surface area contributed by atoms with Crippen LogP contribution in [0.5, 0.6) is 0 Å². The summed E-state index contributed by atoms with van der Waals surface area (Å²) in [6.07, 6.45) is 1.88. The number of piperazine rings is 1. The molecule has 1 aliphatic rings. The van der Waals surface area contributed by atoms with Crippen LogP contribution in [-0.2, 0) is 6.42 Å². The molecule has 2 rings (SSSR count). The monoisotopic (exact) mass is 248 g/mol. The maximum atomic E-state index is 9.24. The normalized spacial score (nSPS) is 24.3. The molecule has 0 aliphatic carbocycles. The quantitative estimate of drug-likeness (QED) is 0.853. The summed E-state index contributed by atoms with van der Waals surface area (Å²) < 4.78 is 0. The minimum atomic E-state index is 0.254. The van der Waals surface area contributed by atoms with E-state index in [9.17, 15) is 5.11 Å². The Morgan fingerprint density at radius 2 is 2.11 bits per heavy atom. The Morgan fingerprint density at radius 1 is 1.33 bits per heavy atom. The summed E-state index contributed by atoms with van der Waals surface area (Å²) in [5.41, 5.74) is 2.74. The molecule has 1 aromatic carbocycles. The van der Waals surface area contributed by atoms with Gasteiger partial charge < -0.3 is 15.3 Å². The molecule has 1 saturated heterocycles. The van der Waals surface area contributed by atoms with Crippen LogP contribution >= 0.6 is 0 Å². The molecule has 3 heteroatoms. The molecule has 1 heterocycles. The number of hydrogen-bond acceptors (Lipinski definition) is 3. The molecule has 100 valence electrons. The fourth-order valence-corrected chi connectivity index (χ4v) is 2.90. The predicted octanol–water partition coefficient (Wildman–Crippen LogP) is 1.80. The second-order valence-electron chi connectivity index (χ2n) is 5.06. The molecule has 0 saturated carbocycles. The first-order valence-electron chi connectivity index (χ1n) is 6.95. The highest BCUT2D eigenvalue weighted by molar-refractivity contribution is 5.55. The summed E-state index contributed by atoms with van der Waals surface area (Å²) in [4.78, 5) is 2.49. The third-order valence-corrected chi connectivity index (χ3v) is 3.80. The number of aliphatic hydroxyl groups excluding tert-OH is 1. The van der Waals surface area contributed by atoms with Crippen LogP contribution in [0, 0.1) is 0 Å². The van der Waals surface area contributed by atoms with Crippen molar-refractivity contribution in [2.24, 2.45) is 0 Å². The summed E-state index contributed by atoms with van der Waals surface area (Å²) in [7, 11) is 0. The summed E-state index contributed by atoms with van der Waals surface area (Å²) >= 11 is 0. The lowest BCUT2D eigenvalue weighted by Crippen LogP contribution is -2.57. The van der Waals surface area contributed by atoms with E-state index < -0.39 is 0 Å². The minimum Gasteiger partial charge on any atom is -0.396 e. The lowest BCUT2D eigenvalue weighted by Gasteiger charge is -2.43. The minimum absolute atomic E-state index is 0.254. The number of rotatable bonds is 4. The molecule has 0 bridgehead atoms. The van der Waals surface area contributed by atoms with E-state index in [-0.39, 0.29) is 6.61 Å². The SMILES string of the molecule is CCc1ccccc1N1C(C)CNCC1CCO. The van der Waals surface area contributed by atoms with Gasteiger partial charge in [0.25, 0.3) is 0 Å². The summed E-state index contributed by atoms with van der Waals surface area (Å²) in [5, 5.41) is 12.7. The fraction of sp³-hybridized carbons (Fsp3) is 0.600. The molecule has 3 nitrogen and oxygen atoms in total. The Labute approximate surface area is 110 Å². The lowest BCUT2D eigenvalue weighted by atomic mass is 10.0. The van der Waals surface area contributed by atoms with Gasteiger partial charge in [-0.15, -0.1) is 0 Å². The van der Waals surface area contributed by atoms with Gasteiger partial charge in [-0.1, -0.05) is 25.1 Å². The van der Waals surface area contributed by atoms with Crippen LogP contribution in [0.4, 0.5) is 5.69 Å². The van der Waals surface area contributed by atoms with Crippen LogP contribution in [0.25, 0.3) is 0 Å². The van der Waals surface area contributed by atoms with Gasteiger partial charge in [0.15, 0.2) is 0 Å². The second-order valence-corrected chi connectivity index (χ2v) is 5.06. The number of nitrogens with zero attached hydrogens (tertiary/aromatic N) is 1. The van der Waals surface area contributed by atoms with E-state index in [2.05, 4.69) is 48.3 Å². The maximum absolute atomic E-state index is 9.24. The van der Waals surface area contributed by atoms with Crippen molar-refractivity contribution < 1.29 is 5.11 Å². The van der Waals surface area contributed by atoms with Crippen molar-refractivity contribution in [3.63, 3.8) is 0 Å². The van der Waals surface area contributed by atoms with Crippen molar-refractivity contribution in [2.75, 3.05) is 24.6 Å². The largest absolute Gasteiger partial charge is 0.396 e. The van der Waals surface area contributed by atoms with Crippen LogP contribution < -0.4 is 10.2 Å². The number of anilines is 1. The Bertz CT molecular complexity index is 379. The zero-order valence-corrected chi connectivity index (χ0v) is 11.4. The highest BCUT2D eigenvalue weighted by atomic mass is 16.3. The lowest BCUT2D eigenvalue weighted by molar-refractivity contribution is 0.259. The van der Waals surface area contributed by atoms with Gasteiger partial charge >= 0.3 is 0 Å². The van der Waals surface area contributed by atoms with Gasteiger partial charge in [0, 0.05) is 37.5 Å². The van der Waals surface area contributed by atoms with E-state index in [1.807, 2.05) is 0 Å². The molecule has 2 atom stereocenters. The standard InChI is InChI=1S/C15H24N2O/c1-3-13-6-4-5-7-15(13)17-12(2)10-16-11-14(17)8-9-18/h4-7,12,14,16,18H,3,8-11H2,1-2H3. The molecule has 1 fully saturated rings. The highest BCUT2D eigenvalue weighted by Gasteiger charge is 2.28. The van der Waals surface area contributed by atoms with E-state index >= 15 is 0 Å². The third-order valence-electron chi connectivity index (χ3n) is 3.80. The van der Waals surface area contributed by atoms with Crippen molar-refractivity contribution in [1.82, 2.24) is 5.32 Å². The molecular formula is C15H24N2O. The highest BCUT2D eigenvalue weighted by Crippen LogP contribution is 2.27. The number of hydrogen-bond donors (Lipinski definition) is 2. The molecule has 18 heavy (non-hydrogen) atoms. The molecule has 0 spiro atoms.